The molecule has 1 aromatic rings. The molecular weight excluding hydrogens is 376 g/mol. The number of nitrogens with one attached hydrogen (secondary N) is 2. The second-order valence-corrected chi connectivity index (χ2v) is 8.38. The number of ether oxygens (including phenoxy) is 1. The summed E-state index contributed by atoms with van der Waals surface area (Å²) in [5.74, 6) is 2.33. The summed E-state index contributed by atoms with van der Waals surface area (Å²) in [5, 5.41) is 5.99. The number of nitrogens with zero attached hydrogens (tertiary/aromatic N) is 2. The summed E-state index contributed by atoms with van der Waals surface area (Å²) in [6.45, 7) is 7.56. The molecule has 0 unspecified atom stereocenters. The normalized spacial score (nSPS) is 17.9. The van der Waals surface area contributed by atoms with Crippen molar-refractivity contribution in [2.45, 2.75) is 32.7 Å². The van der Waals surface area contributed by atoms with Gasteiger partial charge in [-0.2, -0.15) is 11.8 Å². The summed E-state index contributed by atoms with van der Waals surface area (Å²) in [6.07, 6.45) is 1.20. The molecule has 154 valence electrons. The van der Waals surface area contributed by atoms with E-state index >= 15 is 0 Å². The number of hydrogen-bond acceptors (Lipinski definition) is 5. The van der Waals surface area contributed by atoms with Gasteiger partial charge in [-0.3, -0.25) is 0 Å². The largest absolute Gasteiger partial charge is 0.450 e. The third-order valence-corrected chi connectivity index (χ3v) is 6.13. The molecule has 2 heterocycles. The fourth-order valence-electron chi connectivity index (χ4n) is 3.57. The van der Waals surface area contributed by atoms with Crippen LogP contribution in [0.2, 0.25) is 0 Å². The minimum Gasteiger partial charge on any atom is -0.450 e. The molecule has 0 atom stereocenters. The number of piperidine rings is 1. The number of amides is 3. The molecule has 0 aromatic heterocycles. The molecule has 0 spiro atoms. The topological polar surface area (TPSA) is 73.9 Å². The fraction of sp³-hybridized carbons (Fsp3) is 0.600. The van der Waals surface area contributed by atoms with Gasteiger partial charge in [0.2, 0.25) is 0 Å². The van der Waals surface area contributed by atoms with E-state index in [2.05, 4.69) is 27.7 Å². The number of thioether (sulfide) groups is 1. The van der Waals surface area contributed by atoms with Crippen LogP contribution in [0.4, 0.5) is 21.0 Å². The highest BCUT2D eigenvalue weighted by Gasteiger charge is 2.24. The van der Waals surface area contributed by atoms with Crippen molar-refractivity contribution in [1.29, 1.82) is 0 Å². The second kappa shape index (κ2) is 9.91. The van der Waals surface area contributed by atoms with E-state index in [1.165, 1.54) is 5.69 Å². The van der Waals surface area contributed by atoms with E-state index in [9.17, 15) is 9.59 Å². The number of carbonyl (C=O) groups is 2. The van der Waals surface area contributed by atoms with Crippen LogP contribution in [0.5, 0.6) is 0 Å². The van der Waals surface area contributed by atoms with Gasteiger partial charge in [-0.25, -0.2) is 9.59 Å². The van der Waals surface area contributed by atoms with E-state index in [1.54, 1.807) is 11.8 Å². The SMILES string of the molecule is CCOC(=O)N1CCC(NC(=O)Nc2ccc(N3CCSCC3)cc2C)CC1. The molecule has 8 heteroatoms. The molecule has 1 aromatic carbocycles. The second-order valence-electron chi connectivity index (χ2n) is 7.16. The van der Waals surface area contributed by atoms with Crippen LogP contribution >= 0.6 is 11.8 Å². The van der Waals surface area contributed by atoms with Gasteiger partial charge >= 0.3 is 12.1 Å². The Labute approximate surface area is 171 Å². The predicted molar refractivity (Wildman–Crippen MR) is 114 cm³/mol. The van der Waals surface area contributed by atoms with Gasteiger partial charge in [0.25, 0.3) is 0 Å². The highest BCUT2D eigenvalue weighted by atomic mass is 32.2. The Morgan fingerprint density at radius 1 is 1.18 bits per heavy atom. The van der Waals surface area contributed by atoms with Gasteiger partial charge in [0.15, 0.2) is 0 Å². The summed E-state index contributed by atoms with van der Waals surface area (Å²) >= 11 is 1.99. The Bertz CT molecular complexity index is 686. The van der Waals surface area contributed by atoms with Crippen molar-refractivity contribution in [3.05, 3.63) is 23.8 Å². The highest BCUT2D eigenvalue weighted by molar-refractivity contribution is 7.99. The van der Waals surface area contributed by atoms with E-state index < -0.39 is 0 Å². The van der Waals surface area contributed by atoms with E-state index in [0.717, 1.165) is 48.7 Å². The van der Waals surface area contributed by atoms with Crippen molar-refractivity contribution < 1.29 is 14.3 Å². The summed E-state index contributed by atoms with van der Waals surface area (Å²) < 4.78 is 5.03. The van der Waals surface area contributed by atoms with E-state index in [4.69, 9.17) is 4.74 Å². The zero-order valence-electron chi connectivity index (χ0n) is 16.7. The average Bonchev–Trinajstić information content (AvgIpc) is 2.71. The van der Waals surface area contributed by atoms with Crippen LogP contribution in [0, 0.1) is 6.92 Å². The monoisotopic (exact) mass is 406 g/mol. The van der Waals surface area contributed by atoms with Gasteiger partial charge in [-0.15, -0.1) is 0 Å². The molecule has 3 rings (SSSR count). The Balaban J connectivity index is 1.48. The first-order valence-electron chi connectivity index (χ1n) is 9.99. The van der Waals surface area contributed by atoms with Crippen LogP contribution in [-0.4, -0.2) is 67.4 Å². The molecule has 3 amide bonds. The number of aryl methyl sites for hydroxylation is 1. The lowest BCUT2D eigenvalue weighted by molar-refractivity contribution is 0.0959. The van der Waals surface area contributed by atoms with Crippen molar-refractivity contribution in [1.82, 2.24) is 10.2 Å². The molecule has 0 aliphatic carbocycles. The van der Waals surface area contributed by atoms with Gasteiger partial charge in [0.05, 0.1) is 6.61 Å². The Hall–Kier alpha value is -2.09. The molecular formula is C20H30N4O3S. The van der Waals surface area contributed by atoms with Crippen molar-refractivity contribution in [2.75, 3.05) is 54.5 Å². The van der Waals surface area contributed by atoms with Crippen molar-refractivity contribution >= 4 is 35.3 Å². The Morgan fingerprint density at radius 3 is 2.54 bits per heavy atom. The zero-order valence-corrected chi connectivity index (χ0v) is 17.5. The number of likely N-dealkylation sites (tertiary alicyclic amines) is 1. The molecule has 28 heavy (non-hydrogen) atoms. The molecule has 0 bridgehead atoms. The van der Waals surface area contributed by atoms with Crippen molar-refractivity contribution in [3.8, 4) is 0 Å². The standard InChI is InChI=1S/C20H30N4O3S/c1-3-27-20(26)24-8-6-16(7-9-24)21-19(25)22-18-5-4-17(14-15(18)2)23-10-12-28-13-11-23/h4-5,14,16H,3,6-13H2,1-2H3,(H2,21,22,25). The van der Waals surface area contributed by atoms with Crippen LogP contribution in [0.15, 0.2) is 18.2 Å². The molecule has 0 saturated carbocycles. The number of benzene rings is 1. The lowest BCUT2D eigenvalue weighted by atomic mass is 10.1. The quantitative estimate of drug-likeness (QED) is 0.803. The van der Waals surface area contributed by atoms with Crippen LogP contribution < -0.4 is 15.5 Å². The summed E-state index contributed by atoms with van der Waals surface area (Å²) in [7, 11) is 0. The van der Waals surface area contributed by atoms with E-state index in [-0.39, 0.29) is 18.2 Å². The summed E-state index contributed by atoms with van der Waals surface area (Å²) in [6, 6.07) is 6.07. The van der Waals surface area contributed by atoms with E-state index in [0.29, 0.717) is 19.7 Å². The first kappa shape index (κ1) is 20.6. The Kier molecular flexibility index (Phi) is 7.30. The number of carbonyl (C=O) groups excluding carboxylic acids is 2. The van der Waals surface area contributed by atoms with E-state index in [1.807, 2.05) is 24.8 Å². The smallest absolute Gasteiger partial charge is 0.409 e. The first-order valence-corrected chi connectivity index (χ1v) is 11.1. The molecule has 7 nitrogen and oxygen atoms in total. The minimum absolute atomic E-state index is 0.0658. The van der Waals surface area contributed by atoms with Gasteiger partial charge in [0, 0.05) is 55.1 Å². The fourth-order valence-corrected chi connectivity index (χ4v) is 4.47. The van der Waals surface area contributed by atoms with Crippen LogP contribution in [0.25, 0.3) is 0 Å². The molecule has 2 aliphatic heterocycles. The third kappa shape index (κ3) is 5.47. The number of rotatable bonds is 4. The third-order valence-electron chi connectivity index (χ3n) is 5.19. The Morgan fingerprint density at radius 2 is 1.89 bits per heavy atom. The minimum atomic E-state index is -0.270. The maximum atomic E-state index is 12.4. The van der Waals surface area contributed by atoms with Crippen LogP contribution in [0.3, 0.4) is 0 Å². The number of urea groups is 1. The molecule has 2 N–H and O–H groups in total. The molecule has 2 aliphatic rings. The average molecular weight is 407 g/mol. The van der Waals surface area contributed by atoms with Crippen molar-refractivity contribution in [3.63, 3.8) is 0 Å². The summed E-state index contributed by atoms with van der Waals surface area (Å²) in [4.78, 5) is 28.2. The van der Waals surface area contributed by atoms with Gasteiger partial charge in [0.1, 0.15) is 0 Å². The lowest BCUT2D eigenvalue weighted by Gasteiger charge is -2.31. The number of anilines is 2. The molecule has 2 fully saturated rings. The van der Waals surface area contributed by atoms with Gasteiger partial charge in [-0.05, 0) is 50.5 Å². The van der Waals surface area contributed by atoms with Gasteiger partial charge in [-0.1, -0.05) is 0 Å². The zero-order chi connectivity index (χ0) is 19.9. The maximum absolute atomic E-state index is 12.4. The molecule has 0 radical (unpaired) electrons. The maximum Gasteiger partial charge on any atom is 0.409 e. The number of hydrogen-bond donors (Lipinski definition) is 2. The van der Waals surface area contributed by atoms with Gasteiger partial charge < -0.3 is 25.2 Å². The predicted octanol–water partition coefficient (Wildman–Crippen LogP) is 3.29. The molecule has 2 saturated heterocycles. The first-order chi connectivity index (χ1) is 13.6. The highest BCUT2D eigenvalue weighted by Crippen LogP contribution is 2.25. The van der Waals surface area contributed by atoms with Crippen LogP contribution in [0.1, 0.15) is 25.3 Å². The summed E-state index contributed by atoms with van der Waals surface area (Å²) in [5.41, 5.74) is 3.11. The van der Waals surface area contributed by atoms with Crippen molar-refractivity contribution in [2.24, 2.45) is 0 Å². The lowest BCUT2D eigenvalue weighted by Crippen LogP contribution is -2.47. The van der Waals surface area contributed by atoms with Crippen LogP contribution in [-0.2, 0) is 4.74 Å².